The highest BCUT2D eigenvalue weighted by atomic mass is 32.2. The minimum Gasteiger partial charge on any atom is -0.289 e. The highest BCUT2D eigenvalue weighted by Crippen LogP contribution is 2.19. The van der Waals surface area contributed by atoms with Crippen molar-refractivity contribution in [3.8, 4) is 11.4 Å². The van der Waals surface area contributed by atoms with Crippen LogP contribution in [0.5, 0.6) is 0 Å². The van der Waals surface area contributed by atoms with E-state index in [1.165, 1.54) is 0 Å². The second-order valence-corrected chi connectivity index (χ2v) is 4.50. The number of aromatic amines is 1. The number of hydrogen-bond donors (Lipinski definition) is 3. The van der Waals surface area contributed by atoms with Crippen molar-refractivity contribution in [2.24, 2.45) is 0 Å². The highest BCUT2D eigenvalue weighted by Gasteiger charge is 2.04. The van der Waals surface area contributed by atoms with E-state index in [0.717, 1.165) is 10.9 Å². The Kier molecular flexibility index (Phi) is 2.94. The van der Waals surface area contributed by atoms with Crippen LogP contribution in [0.2, 0.25) is 0 Å². The molecule has 8 heteroatoms. The first-order valence-electron chi connectivity index (χ1n) is 5.36. The Balaban J connectivity index is 1.94. The van der Waals surface area contributed by atoms with Gasteiger partial charge in [0.25, 0.3) is 11.3 Å². The van der Waals surface area contributed by atoms with E-state index >= 15 is 0 Å². The van der Waals surface area contributed by atoms with Crippen molar-refractivity contribution in [1.82, 2.24) is 20.2 Å². The van der Waals surface area contributed by atoms with Crippen molar-refractivity contribution in [2.75, 3.05) is 4.72 Å². The van der Waals surface area contributed by atoms with E-state index in [9.17, 15) is 4.21 Å². The smallest absolute Gasteiger partial charge is 0.259 e. The van der Waals surface area contributed by atoms with E-state index < -0.39 is 11.3 Å². The van der Waals surface area contributed by atoms with Gasteiger partial charge in [0.1, 0.15) is 0 Å². The second kappa shape index (κ2) is 4.75. The first-order chi connectivity index (χ1) is 9.22. The molecule has 1 aromatic carbocycles. The summed E-state index contributed by atoms with van der Waals surface area (Å²) in [6.45, 7) is 0. The molecule has 1 unspecified atom stereocenters. The van der Waals surface area contributed by atoms with Gasteiger partial charge in [-0.25, -0.2) is 14.2 Å². The summed E-state index contributed by atoms with van der Waals surface area (Å²) in [5.41, 5.74) is 2.03. The average molecular weight is 275 g/mol. The van der Waals surface area contributed by atoms with Gasteiger partial charge in [0.05, 0.1) is 11.6 Å². The topological polar surface area (TPSA) is 104 Å². The Morgan fingerprint density at radius 2 is 2.00 bits per heavy atom. The fourth-order valence-corrected chi connectivity index (χ4v) is 2.00. The van der Waals surface area contributed by atoms with Gasteiger partial charge in [-0.1, -0.05) is 0 Å². The van der Waals surface area contributed by atoms with Crippen molar-refractivity contribution < 1.29 is 8.76 Å². The Hall–Kier alpha value is -2.32. The van der Waals surface area contributed by atoms with Crippen LogP contribution in [0.1, 0.15) is 0 Å². The largest absolute Gasteiger partial charge is 0.289 e. The lowest BCUT2D eigenvalue weighted by Crippen LogP contribution is -2.01. The second-order valence-electron chi connectivity index (χ2n) is 3.80. The molecule has 0 aliphatic rings. The van der Waals surface area contributed by atoms with Gasteiger partial charge in [-0.2, -0.15) is 5.10 Å². The van der Waals surface area contributed by atoms with Crippen LogP contribution in [0.4, 0.5) is 5.69 Å². The predicted octanol–water partition coefficient (Wildman–Crippen LogP) is 1.57. The predicted molar refractivity (Wildman–Crippen MR) is 71.5 cm³/mol. The molecular formula is C11H9N5O2S. The lowest BCUT2D eigenvalue weighted by Gasteiger charge is -2.03. The van der Waals surface area contributed by atoms with E-state index in [1.807, 2.05) is 0 Å². The molecule has 7 nitrogen and oxygen atoms in total. The van der Waals surface area contributed by atoms with Crippen molar-refractivity contribution in [3.05, 3.63) is 36.7 Å². The van der Waals surface area contributed by atoms with Gasteiger partial charge in [-0.3, -0.25) is 14.4 Å². The molecule has 0 amide bonds. The third-order valence-electron chi connectivity index (χ3n) is 2.54. The summed E-state index contributed by atoms with van der Waals surface area (Å²) < 4.78 is 21.7. The summed E-state index contributed by atoms with van der Waals surface area (Å²) in [6.07, 6.45) is 3.35. The van der Waals surface area contributed by atoms with Crippen LogP contribution in [0.15, 0.2) is 36.7 Å². The fourth-order valence-electron chi connectivity index (χ4n) is 1.67. The third kappa shape index (κ3) is 2.44. The lowest BCUT2D eigenvalue weighted by molar-refractivity contribution is 0.570. The van der Waals surface area contributed by atoms with Gasteiger partial charge < -0.3 is 0 Å². The maximum atomic E-state index is 10.6. The van der Waals surface area contributed by atoms with Crippen LogP contribution >= 0.6 is 0 Å². The molecule has 0 aliphatic carbocycles. The summed E-state index contributed by atoms with van der Waals surface area (Å²) in [5.74, 6) is 0.563. The first-order valence-corrected chi connectivity index (χ1v) is 6.47. The van der Waals surface area contributed by atoms with Crippen molar-refractivity contribution in [1.29, 1.82) is 0 Å². The average Bonchev–Trinajstić information content (AvgIpc) is 2.86. The van der Waals surface area contributed by atoms with Crippen molar-refractivity contribution in [2.45, 2.75) is 0 Å². The maximum Gasteiger partial charge on any atom is 0.259 e. The molecule has 0 bridgehead atoms. The molecule has 3 rings (SSSR count). The summed E-state index contributed by atoms with van der Waals surface area (Å²) in [6, 6.07) is 6.91. The fraction of sp³-hybridized carbons (Fsp3) is 0. The maximum absolute atomic E-state index is 10.6. The summed E-state index contributed by atoms with van der Waals surface area (Å²) in [5, 5.41) is 7.51. The molecule has 0 saturated heterocycles. The normalized spacial score (nSPS) is 12.5. The standard InChI is InChI=1S/C11H9N5O2S/c17-19(18)16-9-3-1-7(2-4-9)10-12-5-8-6-13-15-11(8)14-10/h1-6,16H,(H,17,18)(H,12,13,14,15). The van der Waals surface area contributed by atoms with E-state index in [2.05, 4.69) is 24.9 Å². The lowest BCUT2D eigenvalue weighted by atomic mass is 10.2. The van der Waals surface area contributed by atoms with Crippen molar-refractivity contribution in [3.63, 3.8) is 0 Å². The van der Waals surface area contributed by atoms with Gasteiger partial charge in [0.2, 0.25) is 0 Å². The number of aromatic nitrogens is 4. The Morgan fingerprint density at radius 3 is 2.74 bits per heavy atom. The number of benzene rings is 1. The highest BCUT2D eigenvalue weighted by molar-refractivity contribution is 7.80. The van der Waals surface area contributed by atoms with Crippen LogP contribution in [-0.4, -0.2) is 28.9 Å². The molecule has 0 fully saturated rings. The van der Waals surface area contributed by atoms with Gasteiger partial charge >= 0.3 is 0 Å². The summed E-state index contributed by atoms with van der Waals surface area (Å²) in [4.78, 5) is 8.58. The van der Waals surface area contributed by atoms with Crippen LogP contribution < -0.4 is 4.72 Å². The van der Waals surface area contributed by atoms with Crippen LogP contribution in [0, 0.1) is 0 Å². The molecule has 19 heavy (non-hydrogen) atoms. The van der Waals surface area contributed by atoms with Crippen molar-refractivity contribution >= 4 is 28.0 Å². The molecule has 96 valence electrons. The number of rotatable bonds is 3. The van der Waals surface area contributed by atoms with Gasteiger partial charge in [-0.15, -0.1) is 0 Å². The number of anilines is 1. The number of nitrogens with zero attached hydrogens (tertiary/aromatic N) is 3. The molecule has 3 N–H and O–H groups in total. The monoisotopic (exact) mass is 275 g/mol. The zero-order valence-corrected chi connectivity index (χ0v) is 10.4. The Bertz CT molecular complexity index is 740. The zero-order valence-electron chi connectivity index (χ0n) is 9.57. The van der Waals surface area contributed by atoms with Crippen LogP contribution in [0.3, 0.4) is 0 Å². The molecule has 0 saturated carbocycles. The summed E-state index contributed by atoms with van der Waals surface area (Å²) in [7, 11) is 0. The van der Waals surface area contributed by atoms with Crippen LogP contribution in [-0.2, 0) is 11.3 Å². The van der Waals surface area contributed by atoms with E-state index in [0.29, 0.717) is 17.2 Å². The third-order valence-corrected chi connectivity index (χ3v) is 2.95. The Morgan fingerprint density at radius 1 is 1.21 bits per heavy atom. The first kappa shape index (κ1) is 11.8. The molecule has 0 aliphatic heterocycles. The molecular weight excluding hydrogens is 266 g/mol. The SMILES string of the molecule is O=S(O)Nc1ccc(-c2ncc3cn[nH]c3n2)cc1. The molecule has 2 heterocycles. The molecule has 0 spiro atoms. The molecule has 3 aromatic rings. The minimum absolute atomic E-state index is 0.548. The molecule has 1 atom stereocenters. The number of fused-ring (bicyclic) bond motifs is 1. The van der Waals surface area contributed by atoms with E-state index in [4.69, 9.17) is 4.55 Å². The minimum atomic E-state index is -2.08. The number of H-pyrrole nitrogens is 1. The number of hydrogen-bond acceptors (Lipinski definition) is 4. The summed E-state index contributed by atoms with van der Waals surface area (Å²) >= 11 is -2.08. The van der Waals surface area contributed by atoms with Gasteiger partial charge in [0.15, 0.2) is 11.5 Å². The van der Waals surface area contributed by atoms with E-state index in [-0.39, 0.29) is 0 Å². The Labute approximate surface area is 110 Å². The van der Waals surface area contributed by atoms with Gasteiger partial charge in [-0.05, 0) is 24.3 Å². The quantitative estimate of drug-likeness (QED) is 0.629. The van der Waals surface area contributed by atoms with E-state index in [1.54, 1.807) is 36.7 Å². The number of nitrogens with one attached hydrogen (secondary N) is 2. The molecule has 2 aromatic heterocycles. The van der Waals surface area contributed by atoms with Gasteiger partial charge in [0, 0.05) is 17.4 Å². The molecule has 0 radical (unpaired) electrons. The zero-order chi connectivity index (χ0) is 13.2. The van der Waals surface area contributed by atoms with Crippen LogP contribution in [0.25, 0.3) is 22.4 Å².